The molecule has 1 unspecified atom stereocenters. The SMILES string of the molecule is CCCc1cc(Cn2c(CC)nc3c(C)cc(C)nc32)ccc1OCC1(C(=O)O)C=CC=CC1. The van der Waals surface area contributed by atoms with Crippen LogP contribution in [0.3, 0.4) is 0 Å². The zero-order chi connectivity index (χ0) is 24.3. The molecule has 0 saturated carbocycles. The summed E-state index contributed by atoms with van der Waals surface area (Å²) in [7, 11) is 0. The number of aromatic nitrogens is 3. The molecule has 0 aliphatic heterocycles. The number of carbonyl (C=O) groups is 1. The Bertz CT molecular complexity index is 1270. The third-order valence-electron chi connectivity index (χ3n) is 6.46. The molecular weight excluding hydrogens is 426 g/mol. The van der Waals surface area contributed by atoms with Crippen LogP contribution in [0.5, 0.6) is 5.75 Å². The number of rotatable bonds is 9. The zero-order valence-corrected chi connectivity index (χ0v) is 20.5. The number of aliphatic carboxylic acids is 1. The van der Waals surface area contributed by atoms with E-state index in [4.69, 9.17) is 14.7 Å². The first-order valence-electron chi connectivity index (χ1n) is 12.0. The Balaban J connectivity index is 1.63. The van der Waals surface area contributed by atoms with Crippen molar-refractivity contribution in [2.45, 2.75) is 59.9 Å². The Morgan fingerprint density at radius 2 is 2.00 bits per heavy atom. The van der Waals surface area contributed by atoms with Gasteiger partial charge in [0, 0.05) is 12.1 Å². The van der Waals surface area contributed by atoms with E-state index in [0.29, 0.717) is 13.0 Å². The molecule has 1 aliphatic carbocycles. The van der Waals surface area contributed by atoms with Crippen molar-refractivity contribution in [2.24, 2.45) is 5.41 Å². The highest BCUT2D eigenvalue weighted by atomic mass is 16.5. The van der Waals surface area contributed by atoms with Crippen LogP contribution in [-0.2, 0) is 24.2 Å². The lowest BCUT2D eigenvalue weighted by Gasteiger charge is -2.27. The van der Waals surface area contributed by atoms with Crippen molar-refractivity contribution in [3.63, 3.8) is 0 Å². The summed E-state index contributed by atoms with van der Waals surface area (Å²) in [4.78, 5) is 21.6. The van der Waals surface area contributed by atoms with E-state index in [1.165, 1.54) is 0 Å². The number of nitrogens with zero attached hydrogens (tertiary/aromatic N) is 3. The molecule has 0 saturated heterocycles. The van der Waals surface area contributed by atoms with Gasteiger partial charge in [0.05, 0.1) is 6.54 Å². The molecule has 1 aliphatic rings. The van der Waals surface area contributed by atoms with E-state index in [1.54, 1.807) is 12.2 Å². The van der Waals surface area contributed by atoms with Gasteiger partial charge in [0.1, 0.15) is 29.1 Å². The van der Waals surface area contributed by atoms with Gasteiger partial charge in [0.25, 0.3) is 0 Å². The Morgan fingerprint density at radius 1 is 1.18 bits per heavy atom. The van der Waals surface area contributed by atoms with Crippen molar-refractivity contribution < 1.29 is 14.6 Å². The molecule has 0 radical (unpaired) electrons. The molecule has 2 aromatic heterocycles. The van der Waals surface area contributed by atoms with Crippen LogP contribution in [0, 0.1) is 19.3 Å². The molecule has 2 heterocycles. The lowest BCUT2D eigenvalue weighted by molar-refractivity contribution is -0.147. The molecular formula is C28H33N3O3. The number of imidazole rings is 1. The summed E-state index contributed by atoms with van der Waals surface area (Å²) >= 11 is 0. The summed E-state index contributed by atoms with van der Waals surface area (Å²) < 4.78 is 8.34. The molecule has 1 aromatic carbocycles. The molecule has 0 amide bonds. The van der Waals surface area contributed by atoms with E-state index in [2.05, 4.69) is 43.5 Å². The van der Waals surface area contributed by atoms with Gasteiger partial charge < -0.3 is 14.4 Å². The lowest BCUT2D eigenvalue weighted by atomic mass is 9.82. The molecule has 4 rings (SSSR count). The van der Waals surface area contributed by atoms with Gasteiger partial charge in [-0.15, -0.1) is 0 Å². The zero-order valence-electron chi connectivity index (χ0n) is 20.5. The van der Waals surface area contributed by atoms with Gasteiger partial charge in [-0.25, -0.2) is 9.97 Å². The van der Waals surface area contributed by atoms with Gasteiger partial charge in [-0.1, -0.05) is 56.7 Å². The predicted octanol–water partition coefficient (Wildman–Crippen LogP) is 5.58. The fourth-order valence-electron chi connectivity index (χ4n) is 4.60. The number of allylic oxidation sites excluding steroid dienone is 3. The first-order valence-corrected chi connectivity index (χ1v) is 12.0. The molecule has 0 fully saturated rings. The summed E-state index contributed by atoms with van der Waals surface area (Å²) in [5.74, 6) is 0.915. The van der Waals surface area contributed by atoms with Crippen LogP contribution in [0.25, 0.3) is 11.2 Å². The number of hydrogen-bond donors (Lipinski definition) is 1. The number of aryl methyl sites for hydroxylation is 4. The second-order valence-corrected chi connectivity index (χ2v) is 9.15. The van der Waals surface area contributed by atoms with Crippen LogP contribution in [0.2, 0.25) is 0 Å². The largest absolute Gasteiger partial charge is 0.492 e. The van der Waals surface area contributed by atoms with E-state index in [9.17, 15) is 9.90 Å². The highest BCUT2D eigenvalue weighted by Crippen LogP contribution is 2.31. The first kappa shape index (κ1) is 23.7. The minimum Gasteiger partial charge on any atom is -0.492 e. The molecule has 1 N–H and O–H groups in total. The number of pyridine rings is 1. The maximum absolute atomic E-state index is 12.0. The first-order chi connectivity index (χ1) is 16.4. The highest BCUT2D eigenvalue weighted by Gasteiger charge is 2.37. The van der Waals surface area contributed by atoms with Gasteiger partial charge in [-0.2, -0.15) is 0 Å². The van der Waals surface area contributed by atoms with Gasteiger partial charge in [0.2, 0.25) is 0 Å². The van der Waals surface area contributed by atoms with Crippen LogP contribution in [0.4, 0.5) is 0 Å². The minimum atomic E-state index is -1.02. The fourth-order valence-corrected chi connectivity index (χ4v) is 4.60. The van der Waals surface area contributed by atoms with Crippen LogP contribution >= 0.6 is 0 Å². The van der Waals surface area contributed by atoms with Crippen molar-refractivity contribution in [2.75, 3.05) is 6.61 Å². The second kappa shape index (κ2) is 9.84. The van der Waals surface area contributed by atoms with E-state index in [0.717, 1.165) is 64.4 Å². The Labute approximate surface area is 201 Å². The number of fused-ring (bicyclic) bond motifs is 1. The van der Waals surface area contributed by atoms with E-state index in [1.807, 2.05) is 25.1 Å². The Hall–Kier alpha value is -3.41. The molecule has 6 heteroatoms. The predicted molar refractivity (Wildman–Crippen MR) is 134 cm³/mol. The van der Waals surface area contributed by atoms with Crippen molar-refractivity contribution in [3.05, 3.63) is 76.8 Å². The lowest BCUT2D eigenvalue weighted by Crippen LogP contribution is -2.35. The average molecular weight is 460 g/mol. The summed E-state index contributed by atoms with van der Waals surface area (Å²) in [5, 5.41) is 9.82. The topological polar surface area (TPSA) is 77.2 Å². The molecule has 3 aromatic rings. The number of carboxylic acid groups (broad SMARTS) is 1. The normalized spacial score (nSPS) is 17.4. The summed E-state index contributed by atoms with van der Waals surface area (Å²) in [6.45, 7) is 9.14. The summed E-state index contributed by atoms with van der Waals surface area (Å²) in [6.07, 6.45) is 10.4. The number of hydrogen-bond acceptors (Lipinski definition) is 4. The van der Waals surface area contributed by atoms with E-state index >= 15 is 0 Å². The van der Waals surface area contributed by atoms with Crippen LogP contribution < -0.4 is 4.74 Å². The minimum absolute atomic E-state index is 0.105. The van der Waals surface area contributed by atoms with Gasteiger partial charge in [-0.3, -0.25) is 4.79 Å². The van der Waals surface area contributed by atoms with Gasteiger partial charge in [0.15, 0.2) is 5.65 Å². The smallest absolute Gasteiger partial charge is 0.317 e. The standard InChI is InChI=1S/C28H33N3O3/c1-5-10-22-16-21(11-12-23(22)34-18-28(27(32)33)13-8-7-9-14-28)17-31-24(6-2)30-25-19(3)15-20(4)29-26(25)31/h7-9,11-13,15-16H,5-6,10,14,17-18H2,1-4H3,(H,32,33). The third-order valence-corrected chi connectivity index (χ3v) is 6.46. The van der Waals surface area contributed by atoms with Gasteiger partial charge in [-0.05, 0) is 55.5 Å². The van der Waals surface area contributed by atoms with Crippen LogP contribution in [0.15, 0.2) is 48.6 Å². The van der Waals surface area contributed by atoms with Crippen LogP contribution in [0.1, 0.15) is 54.9 Å². The molecule has 0 bridgehead atoms. The van der Waals surface area contributed by atoms with Crippen molar-refractivity contribution in [1.29, 1.82) is 0 Å². The van der Waals surface area contributed by atoms with Crippen molar-refractivity contribution in [3.8, 4) is 5.75 Å². The number of carboxylic acids is 1. The number of ether oxygens (including phenoxy) is 1. The molecule has 0 spiro atoms. The Kier molecular flexibility index (Phi) is 6.87. The fraction of sp³-hybridized carbons (Fsp3) is 0.393. The molecule has 34 heavy (non-hydrogen) atoms. The average Bonchev–Trinajstić information content (AvgIpc) is 3.17. The second-order valence-electron chi connectivity index (χ2n) is 9.15. The summed E-state index contributed by atoms with van der Waals surface area (Å²) in [5.41, 5.74) is 5.24. The molecule has 1 atom stereocenters. The monoisotopic (exact) mass is 459 g/mol. The van der Waals surface area contributed by atoms with E-state index < -0.39 is 11.4 Å². The quantitative estimate of drug-likeness (QED) is 0.452. The van der Waals surface area contributed by atoms with Crippen molar-refractivity contribution >= 4 is 17.1 Å². The summed E-state index contributed by atoms with van der Waals surface area (Å²) in [6, 6.07) is 8.29. The molecule has 6 nitrogen and oxygen atoms in total. The van der Waals surface area contributed by atoms with Gasteiger partial charge >= 0.3 is 5.97 Å². The number of benzene rings is 1. The maximum atomic E-state index is 12.0. The third kappa shape index (κ3) is 4.63. The van der Waals surface area contributed by atoms with Crippen molar-refractivity contribution in [1.82, 2.24) is 14.5 Å². The van der Waals surface area contributed by atoms with Crippen LogP contribution in [-0.4, -0.2) is 32.2 Å². The Morgan fingerprint density at radius 3 is 2.68 bits per heavy atom. The molecule has 178 valence electrons. The maximum Gasteiger partial charge on any atom is 0.317 e. The highest BCUT2D eigenvalue weighted by molar-refractivity contribution is 5.78. The van der Waals surface area contributed by atoms with E-state index in [-0.39, 0.29) is 6.61 Å².